The van der Waals surface area contributed by atoms with Crippen LogP contribution in [0.2, 0.25) is 0 Å². The second-order valence-corrected chi connectivity index (χ2v) is 7.96. The summed E-state index contributed by atoms with van der Waals surface area (Å²) in [5, 5.41) is 8.02. The Morgan fingerprint density at radius 1 is 1.14 bits per heavy atom. The van der Waals surface area contributed by atoms with E-state index in [1.807, 2.05) is 24.0 Å². The van der Waals surface area contributed by atoms with Crippen LogP contribution in [0, 0.1) is 11.8 Å². The van der Waals surface area contributed by atoms with Gasteiger partial charge in [0.15, 0.2) is 5.96 Å². The van der Waals surface area contributed by atoms with Gasteiger partial charge in [0.25, 0.3) is 0 Å². The van der Waals surface area contributed by atoms with E-state index >= 15 is 0 Å². The molecule has 0 radical (unpaired) electrons. The van der Waals surface area contributed by atoms with Gasteiger partial charge in [-0.1, -0.05) is 30.3 Å². The molecular weight excluding hydrogens is 465 g/mol. The van der Waals surface area contributed by atoms with Gasteiger partial charge in [-0.2, -0.15) is 5.10 Å². The summed E-state index contributed by atoms with van der Waals surface area (Å²) in [6, 6.07) is 10.4. The van der Waals surface area contributed by atoms with E-state index in [0.717, 1.165) is 32.1 Å². The van der Waals surface area contributed by atoms with Gasteiger partial charge < -0.3 is 15.0 Å². The van der Waals surface area contributed by atoms with Crippen molar-refractivity contribution >= 4 is 29.9 Å². The van der Waals surface area contributed by atoms with Gasteiger partial charge in [-0.25, -0.2) is 0 Å². The van der Waals surface area contributed by atoms with Gasteiger partial charge in [0.05, 0.1) is 24.9 Å². The summed E-state index contributed by atoms with van der Waals surface area (Å²) in [5.74, 6) is 2.38. The monoisotopic (exact) mass is 493 g/mol. The zero-order valence-corrected chi connectivity index (χ0v) is 18.5. The van der Waals surface area contributed by atoms with Crippen LogP contribution in [0.5, 0.6) is 0 Å². The molecule has 3 saturated heterocycles. The van der Waals surface area contributed by atoms with Crippen molar-refractivity contribution in [1.29, 1.82) is 0 Å². The van der Waals surface area contributed by atoms with Crippen molar-refractivity contribution in [3.8, 4) is 0 Å². The highest BCUT2D eigenvalue weighted by molar-refractivity contribution is 14.0. The molecule has 2 aromatic rings. The lowest BCUT2D eigenvalue weighted by Gasteiger charge is -2.23. The molecule has 7 heteroatoms. The molecule has 4 unspecified atom stereocenters. The number of hydrogen-bond acceptors (Lipinski definition) is 3. The summed E-state index contributed by atoms with van der Waals surface area (Å²) in [5.41, 5.74) is 2.44. The maximum absolute atomic E-state index is 6.08. The number of benzene rings is 1. The number of rotatable bonds is 4. The number of likely N-dealkylation sites (tertiary alicyclic amines) is 1. The highest BCUT2D eigenvalue weighted by Gasteiger charge is 2.53. The van der Waals surface area contributed by atoms with Crippen molar-refractivity contribution in [2.24, 2.45) is 16.8 Å². The number of guanidine groups is 1. The van der Waals surface area contributed by atoms with Crippen molar-refractivity contribution in [2.75, 3.05) is 20.1 Å². The number of aliphatic imine (C=N–C) groups is 1. The number of fused-ring (bicyclic) bond motifs is 5. The lowest BCUT2D eigenvalue weighted by Crippen LogP contribution is -2.40. The van der Waals surface area contributed by atoms with Gasteiger partial charge >= 0.3 is 0 Å². The van der Waals surface area contributed by atoms with Gasteiger partial charge in [0, 0.05) is 50.3 Å². The Hall–Kier alpha value is -1.61. The van der Waals surface area contributed by atoms with Crippen molar-refractivity contribution in [3.63, 3.8) is 0 Å². The molecule has 0 saturated carbocycles. The fraction of sp³-hybridized carbons (Fsp3) is 0.524. The van der Waals surface area contributed by atoms with Crippen LogP contribution in [0.3, 0.4) is 0 Å². The molecule has 1 aromatic carbocycles. The molecule has 28 heavy (non-hydrogen) atoms. The Labute approximate surface area is 183 Å². The summed E-state index contributed by atoms with van der Waals surface area (Å²) in [6.07, 6.45) is 7.51. The molecule has 1 aromatic heterocycles. The van der Waals surface area contributed by atoms with Crippen molar-refractivity contribution in [3.05, 3.63) is 53.9 Å². The van der Waals surface area contributed by atoms with Crippen LogP contribution < -0.4 is 5.32 Å². The molecular formula is C21H28IN5O. The van der Waals surface area contributed by atoms with Crippen LogP contribution in [0.15, 0.2) is 47.7 Å². The minimum Gasteiger partial charge on any atom is -0.374 e. The molecule has 0 aliphatic carbocycles. The smallest absolute Gasteiger partial charge is 0.193 e. The van der Waals surface area contributed by atoms with Gasteiger partial charge in [0.2, 0.25) is 0 Å². The maximum Gasteiger partial charge on any atom is 0.193 e. The molecule has 3 aliphatic heterocycles. The standard InChI is InChI=1S/C21H27N5O.HI/c1-22-21(25-13-17-18(14-25)20-8-7-19(17)27-20)23-9-16-10-24-26(12-16)11-15-5-3-2-4-6-15;/h2-6,10,12,17-20H,7-9,11,13-14H2,1H3,(H,22,23);1H. The van der Waals surface area contributed by atoms with E-state index in [-0.39, 0.29) is 24.0 Å². The Balaban J connectivity index is 0.00000192. The highest BCUT2D eigenvalue weighted by atomic mass is 127. The molecule has 4 atom stereocenters. The lowest BCUT2D eigenvalue weighted by atomic mass is 9.82. The molecule has 4 heterocycles. The van der Waals surface area contributed by atoms with Gasteiger partial charge in [-0.3, -0.25) is 9.67 Å². The van der Waals surface area contributed by atoms with Crippen LogP contribution in [-0.2, 0) is 17.8 Å². The number of nitrogens with zero attached hydrogens (tertiary/aromatic N) is 4. The Bertz CT molecular complexity index is 805. The molecule has 2 bridgehead atoms. The second kappa shape index (κ2) is 8.41. The first-order valence-corrected chi connectivity index (χ1v) is 9.96. The van der Waals surface area contributed by atoms with Gasteiger partial charge in [0.1, 0.15) is 0 Å². The van der Waals surface area contributed by atoms with Crippen molar-refractivity contribution < 1.29 is 4.74 Å². The molecule has 1 N–H and O–H groups in total. The van der Waals surface area contributed by atoms with Crippen molar-refractivity contribution in [1.82, 2.24) is 20.0 Å². The third-order valence-corrected chi connectivity index (χ3v) is 6.29. The fourth-order valence-electron chi connectivity index (χ4n) is 5.00. The quantitative estimate of drug-likeness (QED) is 0.405. The topological polar surface area (TPSA) is 54.7 Å². The average Bonchev–Trinajstić information content (AvgIpc) is 3.46. The minimum absolute atomic E-state index is 0. The van der Waals surface area contributed by atoms with Gasteiger partial charge in [-0.05, 0) is 18.4 Å². The Morgan fingerprint density at radius 2 is 1.86 bits per heavy atom. The SMILES string of the molecule is CN=C(NCc1cnn(Cc2ccccc2)c1)N1CC2C3CCC(O3)C2C1.I. The van der Waals surface area contributed by atoms with Crippen LogP contribution in [0.1, 0.15) is 24.0 Å². The molecule has 150 valence electrons. The third kappa shape index (κ3) is 3.78. The lowest BCUT2D eigenvalue weighted by molar-refractivity contribution is 0.0767. The molecule has 6 nitrogen and oxygen atoms in total. The summed E-state index contributed by atoms with van der Waals surface area (Å²) in [7, 11) is 1.88. The molecule has 0 amide bonds. The second-order valence-electron chi connectivity index (χ2n) is 7.96. The number of ether oxygens (including phenoxy) is 1. The summed E-state index contributed by atoms with van der Waals surface area (Å²) in [6.45, 7) is 3.68. The fourth-order valence-corrected chi connectivity index (χ4v) is 5.00. The van der Waals surface area contributed by atoms with E-state index in [4.69, 9.17) is 4.74 Å². The molecule has 5 rings (SSSR count). The van der Waals surface area contributed by atoms with E-state index in [2.05, 4.69) is 50.8 Å². The van der Waals surface area contributed by atoms with Crippen LogP contribution >= 0.6 is 24.0 Å². The first-order valence-electron chi connectivity index (χ1n) is 9.96. The predicted molar refractivity (Wildman–Crippen MR) is 120 cm³/mol. The van der Waals surface area contributed by atoms with Gasteiger partial charge in [-0.15, -0.1) is 24.0 Å². The van der Waals surface area contributed by atoms with Crippen LogP contribution in [0.4, 0.5) is 0 Å². The zero-order valence-electron chi connectivity index (χ0n) is 16.2. The number of hydrogen-bond donors (Lipinski definition) is 1. The summed E-state index contributed by atoms with van der Waals surface area (Å²) in [4.78, 5) is 6.94. The third-order valence-electron chi connectivity index (χ3n) is 6.29. The molecule has 0 spiro atoms. The van der Waals surface area contributed by atoms with E-state index in [1.165, 1.54) is 24.0 Å². The van der Waals surface area contributed by atoms with Crippen LogP contribution in [-0.4, -0.2) is 53.0 Å². The summed E-state index contributed by atoms with van der Waals surface area (Å²) < 4.78 is 8.07. The number of nitrogens with one attached hydrogen (secondary N) is 1. The van der Waals surface area contributed by atoms with E-state index in [9.17, 15) is 0 Å². The number of halogens is 1. The number of aromatic nitrogens is 2. The van der Waals surface area contributed by atoms with E-state index < -0.39 is 0 Å². The van der Waals surface area contributed by atoms with E-state index in [0.29, 0.717) is 24.0 Å². The zero-order chi connectivity index (χ0) is 18.2. The summed E-state index contributed by atoms with van der Waals surface area (Å²) >= 11 is 0. The predicted octanol–water partition coefficient (Wildman–Crippen LogP) is 2.73. The first kappa shape index (κ1) is 19.7. The Kier molecular flexibility index (Phi) is 5.91. The molecule has 3 aliphatic rings. The Morgan fingerprint density at radius 3 is 2.54 bits per heavy atom. The average molecular weight is 493 g/mol. The van der Waals surface area contributed by atoms with Crippen molar-refractivity contribution in [2.45, 2.75) is 38.1 Å². The highest BCUT2D eigenvalue weighted by Crippen LogP contribution is 2.47. The largest absolute Gasteiger partial charge is 0.374 e. The van der Waals surface area contributed by atoms with E-state index in [1.54, 1.807) is 0 Å². The van der Waals surface area contributed by atoms with Crippen LogP contribution in [0.25, 0.3) is 0 Å². The molecule has 3 fully saturated rings. The minimum atomic E-state index is 0. The maximum atomic E-state index is 6.08. The first-order chi connectivity index (χ1) is 13.3. The normalized spacial score (nSPS) is 28.3.